The summed E-state index contributed by atoms with van der Waals surface area (Å²) in [5, 5.41) is 20.6. The van der Waals surface area contributed by atoms with Crippen molar-refractivity contribution < 1.29 is 14.8 Å². The lowest BCUT2D eigenvalue weighted by Crippen LogP contribution is -2.58. The highest BCUT2D eigenvalue weighted by Crippen LogP contribution is 2.42. The van der Waals surface area contributed by atoms with Crippen molar-refractivity contribution in [2.75, 3.05) is 4.90 Å². The van der Waals surface area contributed by atoms with Crippen molar-refractivity contribution in [3.05, 3.63) is 33.9 Å². The Morgan fingerprint density at radius 1 is 1.28 bits per heavy atom. The molecule has 25 heavy (non-hydrogen) atoms. The lowest BCUT2D eigenvalue weighted by atomic mass is 9.87. The Morgan fingerprint density at radius 3 is 2.56 bits per heavy atom. The number of guanidine groups is 2. The fraction of sp³-hybridized carbons (Fsp3) is 0.400. The van der Waals surface area contributed by atoms with E-state index in [4.69, 9.17) is 16.6 Å². The number of carbonyl (C=O) groups is 1. The van der Waals surface area contributed by atoms with E-state index < -0.39 is 16.6 Å². The molecule has 5 N–H and O–H groups in total. The molecule has 1 aromatic carbocycles. The fourth-order valence-electron chi connectivity index (χ4n) is 3.46. The minimum Gasteiger partial charge on any atom is -0.478 e. The molecule has 10 heteroatoms. The molecule has 0 bridgehead atoms. The van der Waals surface area contributed by atoms with Crippen molar-refractivity contribution in [2.24, 2.45) is 21.5 Å². The third-order valence-electron chi connectivity index (χ3n) is 4.51. The highest BCUT2D eigenvalue weighted by atomic mass is 16.6. The summed E-state index contributed by atoms with van der Waals surface area (Å²) in [6.07, 6.45) is 4.04. The Hall–Kier alpha value is -3.17. The molecule has 0 atom stereocenters. The number of nitro groups is 1. The monoisotopic (exact) mass is 346 g/mol. The Balaban J connectivity index is 2.17. The molecule has 10 nitrogen and oxygen atoms in total. The maximum Gasteiger partial charge on any atom is 0.335 e. The number of nitro benzene ring substituents is 1. The zero-order valence-corrected chi connectivity index (χ0v) is 13.4. The van der Waals surface area contributed by atoms with Crippen molar-refractivity contribution >= 4 is 29.3 Å². The largest absolute Gasteiger partial charge is 0.478 e. The predicted octanol–water partition coefficient (Wildman–Crippen LogP) is 1.40. The van der Waals surface area contributed by atoms with Crippen molar-refractivity contribution in [1.82, 2.24) is 0 Å². The Morgan fingerprint density at radius 2 is 1.96 bits per heavy atom. The maximum absolute atomic E-state index is 11.5. The van der Waals surface area contributed by atoms with Crippen LogP contribution in [0.2, 0.25) is 0 Å². The molecule has 1 saturated carbocycles. The van der Waals surface area contributed by atoms with Gasteiger partial charge in [-0.05, 0) is 37.8 Å². The van der Waals surface area contributed by atoms with E-state index in [1.165, 1.54) is 17.0 Å². The molecular weight excluding hydrogens is 328 g/mol. The van der Waals surface area contributed by atoms with Crippen LogP contribution in [0.25, 0.3) is 0 Å². The van der Waals surface area contributed by atoms with Crippen LogP contribution in [-0.2, 0) is 0 Å². The van der Waals surface area contributed by atoms with Crippen LogP contribution in [0, 0.1) is 10.1 Å². The first-order valence-electron chi connectivity index (χ1n) is 7.85. The number of carboxylic acids is 1. The molecule has 1 heterocycles. The molecule has 0 amide bonds. The van der Waals surface area contributed by atoms with E-state index >= 15 is 0 Å². The van der Waals surface area contributed by atoms with Gasteiger partial charge in [-0.25, -0.2) is 9.79 Å². The van der Waals surface area contributed by atoms with Crippen LogP contribution in [-0.4, -0.2) is 33.6 Å². The summed E-state index contributed by atoms with van der Waals surface area (Å²) in [6, 6.07) is 3.69. The van der Waals surface area contributed by atoms with Crippen LogP contribution < -0.4 is 16.4 Å². The minimum atomic E-state index is -1.25. The van der Waals surface area contributed by atoms with E-state index in [9.17, 15) is 14.9 Å². The molecule has 3 rings (SSSR count). The van der Waals surface area contributed by atoms with Crippen LogP contribution >= 0.6 is 0 Å². The fourth-order valence-corrected chi connectivity index (χ4v) is 3.46. The number of aliphatic imine (C=N–C) groups is 2. The zero-order chi connectivity index (χ0) is 18.2. The molecule has 1 spiro atoms. The van der Waals surface area contributed by atoms with Crippen LogP contribution in [0.4, 0.5) is 11.4 Å². The lowest BCUT2D eigenvalue weighted by molar-refractivity contribution is -0.384. The average Bonchev–Trinajstić information content (AvgIpc) is 2.54. The standard InChI is InChI=1S/C15H18N6O4/c16-13-18-14(17)20(15(19-13)6-2-1-3-7-15)10-5-4-9(12(22)23)8-11(10)21(24)25/h4-5,8H,1-3,6-7H2,(H,22,23)(H4,16,17,18,19). The quantitative estimate of drug-likeness (QED) is 0.550. The van der Waals surface area contributed by atoms with Crippen LogP contribution in [0.5, 0.6) is 0 Å². The minimum absolute atomic E-state index is 0.0144. The number of benzene rings is 1. The third-order valence-corrected chi connectivity index (χ3v) is 4.51. The van der Waals surface area contributed by atoms with Gasteiger partial charge in [0.2, 0.25) is 11.9 Å². The first-order chi connectivity index (χ1) is 11.8. The molecule has 0 aromatic heterocycles. The lowest BCUT2D eigenvalue weighted by Gasteiger charge is -2.45. The van der Waals surface area contributed by atoms with Crippen molar-refractivity contribution in [2.45, 2.75) is 37.8 Å². The molecule has 1 aliphatic carbocycles. The number of aromatic carboxylic acids is 1. The van der Waals surface area contributed by atoms with Gasteiger partial charge in [-0.2, -0.15) is 4.99 Å². The van der Waals surface area contributed by atoms with E-state index in [1.54, 1.807) is 0 Å². The van der Waals surface area contributed by atoms with E-state index in [1.807, 2.05) is 0 Å². The van der Waals surface area contributed by atoms with E-state index in [0.29, 0.717) is 12.8 Å². The summed E-state index contributed by atoms with van der Waals surface area (Å²) < 4.78 is 0. The Bertz CT molecular complexity index is 797. The SMILES string of the molecule is NC1=NC2(CCCCC2)N(c2ccc(C(=O)O)cc2[N+](=O)[O-])C(N)=N1. The van der Waals surface area contributed by atoms with Crippen molar-refractivity contribution in [3.8, 4) is 0 Å². The van der Waals surface area contributed by atoms with Gasteiger partial charge in [0.05, 0.1) is 10.5 Å². The van der Waals surface area contributed by atoms with Gasteiger partial charge in [-0.15, -0.1) is 0 Å². The Labute approximate surface area is 143 Å². The molecule has 1 aromatic rings. The average molecular weight is 346 g/mol. The second-order valence-corrected chi connectivity index (χ2v) is 6.08. The number of anilines is 1. The number of rotatable bonds is 3. The van der Waals surface area contributed by atoms with Gasteiger partial charge in [-0.3, -0.25) is 15.0 Å². The van der Waals surface area contributed by atoms with Crippen molar-refractivity contribution in [1.29, 1.82) is 0 Å². The zero-order valence-electron chi connectivity index (χ0n) is 13.4. The summed E-state index contributed by atoms with van der Waals surface area (Å²) in [5.41, 5.74) is 10.6. The van der Waals surface area contributed by atoms with E-state index in [0.717, 1.165) is 25.3 Å². The van der Waals surface area contributed by atoms with E-state index in [2.05, 4.69) is 9.98 Å². The summed E-state index contributed by atoms with van der Waals surface area (Å²) >= 11 is 0. The summed E-state index contributed by atoms with van der Waals surface area (Å²) in [6.45, 7) is 0. The van der Waals surface area contributed by atoms with Crippen LogP contribution in [0.15, 0.2) is 28.2 Å². The Kier molecular flexibility index (Phi) is 4.03. The summed E-state index contributed by atoms with van der Waals surface area (Å²) in [7, 11) is 0. The topological polar surface area (TPSA) is 160 Å². The van der Waals surface area contributed by atoms with Gasteiger partial charge in [-0.1, -0.05) is 6.42 Å². The third kappa shape index (κ3) is 2.86. The predicted molar refractivity (Wildman–Crippen MR) is 91.6 cm³/mol. The molecule has 132 valence electrons. The summed E-state index contributed by atoms with van der Waals surface area (Å²) in [4.78, 5) is 32.0. The van der Waals surface area contributed by atoms with Gasteiger partial charge in [0.15, 0.2) is 0 Å². The number of hydrogen-bond donors (Lipinski definition) is 3. The first-order valence-corrected chi connectivity index (χ1v) is 7.85. The smallest absolute Gasteiger partial charge is 0.335 e. The van der Waals surface area contributed by atoms with Gasteiger partial charge in [0, 0.05) is 6.07 Å². The second-order valence-electron chi connectivity index (χ2n) is 6.08. The molecule has 1 fully saturated rings. The number of nitrogens with two attached hydrogens (primary N) is 2. The number of nitrogens with zero attached hydrogens (tertiary/aromatic N) is 4. The highest BCUT2D eigenvalue weighted by Gasteiger charge is 2.44. The second kappa shape index (κ2) is 6.04. The number of carboxylic acid groups (broad SMARTS) is 1. The molecule has 1 aliphatic heterocycles. The molecule has 0 saturated heterocycles. The molecular formula is C15H18N6O4. The van der Waals surface area contributed by atoms with E-state index in [-0.39, 0.29) is 28.9 Å². The normalized spacial score (nSPS) is 19.3. The van der Waals surface area contributed by atoms with Crippen LogP contribution in [0.1, 0.15) is 42.5 Å². The number of hydrogen-bond acceptors (Lipinski definition) is 8. The first kappa shape index (κ1) is 16.7. The van der Waals surface area contributed by atoms with Crippen molar-refractivity contribution in [3.63, 3.8) is 0 Å². The van der Waals surface area contributed by atoms with Gasteiger partial charge >= 0.3 is 5.97 Å². The molecule has 0 unspecified atom stereocenters. The highest BCUT2D eigenvalue weighted by molar-refractivity contribution is 6.07. The summed E-state index contributed by atoms with van der Waals surface area (Å²) in [5.74, 6) is -1.19. The molecule has 2 aliphatic rings. The maximum atomic E-state index is 11.5. The van der Waals surface area contributed by atoms with Crippen LogP contribution in [0.3, 0.4) is 0 Å². The van der Waals surface area contributed by atoms with Gasteiger partial charge < -0.3 is 16.6 Å². The van der Waals surface area contributed by atoms with Gasteiger partial charge in [0.1, 0.15) is 11.4 Å². The van der Waals surface area contributed by atoms with Gasteiger partial charge in [0.25, 0.3) is 5.69 Å². The molecule has 0 radical (unpaired) electrons.